The van der Waals surface area contributed by atoms with Gasteiger partial charge in [0.15, 0.2) is 0 Å². The lowest BCUT2D eigenvalue weighted by Gasteiger charge is -2.33. The van der Waals surface area contributed by atoms with Gasteiger partial charge < -0.3 is 10.1 Å². The van der Waals surface area contributed by atoms with Gasteiger partial charge >= 0.3 is 0 Å². The van der Waals surface area contributed by atoms with Crippen molar-refractivity contribution in [3.05, 3.63) is 51.9 Å². The summed E-state index contributed by atoms with van der Waals surface area (Å²) in [5, 5.41) is 14.9. The SMILES string of the molecule is N#Cc1ccsc1NC(=O)CCN1CCO[C@H](c2ccc(Cl)cc2)C1. The van der Waals surface area contributed by atoms with E-state index in [9.17, 15) is 4.79 Å². The number of thiophene rings is 1. The fourth-order valence-electron chi connectivity index (χ4n) is 2.73. The number of ether oxygens (including phenoxy) is 1. The molecule has 1 aromatic heterocycles. The van der Waals surface area contributed by atoms with E-state index in [0.717, 1.165) is 18.7 Å². The Morgan fingerprint density at radius 1 is 1.40 bits per heavy atom. The average molecular weight is 376 g/mol. The molecule has 1 saturated heterocycles. The van der Waals surface area contributed by atoms with E-state index in [1.807, 2.05) is 24.3 Å². The first-order valence-electron chi connectivity index (χ1n) is 8.02. The van der Waals surface area contributed by atoms with Crippen molar-refractivity contribution in [3.63, 3.8) is 0 Å². The van der Waals surface area contributed by atoms with Crippen LogP contribution < -0.4 is 5.32 Å². The van der Waals surface area contributed by atoms with Crippen molar-refractivity contribution in [3.8, 4) is 6.07 Å². The largest absolute Gasteiger partial charge is 0.371 e. The zero-order valence-corrected chi connectivity index (χ0v) is 15.1. The van der Waals surface area contributed by atoms with Crippen molar-refractivity contribution >= 4 is 33.8 Å². The summed E-state index contributed by atoms with van der Waals surface area (Å²) in [6.45, 7) is 2.85. The van der Waals surface area contributed by atoms with Crippen LogP contribution in [-0.4, -0.2) is 37.0 Å². The van der Waals surface area contributed by atoms with E-state index in [0.29, 0.717) is 35.2 Å². The summed E-state index contributed by atoms with van der Waals surface area (Å²) in [7, 11) is 0. The number of halogens is 1. The molecule has 130 valence electrons. The van der Waals surface area contributed by atoms with Gasteiger partial charge in [-0.15, -0.1) is 11.3 Å². The van der Waals surface area contributed by atoms with Gasteiger partial charge in [-0.2, -0.15) is 5.26 Å². The van der Waals surface area contributed by atoms with Crippen LogP contribution in [0.15, 0.2) is 35.7 Å². The summed E-state index contributed by atoms with van der Waals surface area (Å²) < 4.78 is 5.84. The number of anilines is 1. The molecular weight excluding hydrogens is 358 g/mol. The Labute approximate surface area is 155 Å². The number of benzene rings is 1. The Morgan fingerprint density at radius 2 is 2.20 bits per heavy atom. The zero-order valence-electron chi connectivity index (χ0n) is 13.6. The Balaban J connectivity index is 1.50. The molecule has 1 atom stereocenters. The molecule has 1 fully saturated rings. The average Bonchev–Trinajstić information content (AvgIpc) is 3.08. The second-order valence-electron chi connectivity index (χ2n) is 5.78. The van der Waals surface area contributed by atoms with Crippen molar-refractivity contribution in [1.82, 2.24) is 4.90 Å². The predicted octanol–water partition coefficient (Wildman–Crippen LogP) is 3.68. The minimum absolute atomic E-state index is 0.00318. The third-order valence-electron chi connectivity index (χ3n) is 4.09. The molecule has 0 saturated carbocycles. The van der Waals surface area contributed by atoms with Crippen LogP contribution in [0, 0.1) is 11.3 Å². The fourth-order valence-corrected chi connectivity index (χ4v) is 3.61. The highest BCUT2D eigenvalue weighted by molar-refractivity contribution is 7.14. The van der Waals surface area contributed by atoms with Crippen molar-refractivity contribution in [2.75, 3.05) is 31.6 Å². The van der Waals surface area contributed by atoms with Crippen molar-refractivity contribution in [2.45, 2.75) is 12.5 Å². The molecule has 1 aromatic carbocycles. The van der Waals surface area contributed by atoms with E-state index in [1.165, 1.54) is 11.3 Å². The first-order valence-corrected chi connectivity index (χ1v) is 9.28. The standard InChI is InChI=1S/C18H18ClN3O2S/c19-15-3-1-13(2-4-15)16-12-22(8-9-24-16)7-5-17(23)21-18-14(11-20)6-10-25-18/h1-4,6,10,16H,5,7-9,12H2,(H,21,23)/t16-/m0/s1. The second kappa shape index (κ2) is 8.45. The van der Waals surface area contributed by atoms with Gasteiger partial charge in [0, 0.05) is 31.1 Å². The van der Waals surface area contributed by atoms with E-state index in [2.05, 4.69) is 16.3 Å². The molecule has 5 nitrogen and oxygen atoms in total. The van der Waals surface area contributed by atoms with Crippen LogP contribution in [0.25, 0.3) is 0 Å². The first kappa shape index (κ1) is 17.9. The maximum Gasteiger partial charge on any atom is 0.226 e. The molecule has 1 amide bonds. The lowest BCUT2D eigenvalue weighted by atomic mass is 10.1. The maximum atomic E-state index is 12.1. The van der Waals surface area contributed by atoms with Gasteiger partial charge in [0.2, 0.25) is 5.91 Å². The first-order chi connectivity index (χ1) is 12.2. The summed E-state index contributed by atoms with van der Waals surface area (Å²) in [5.41, 5.74) is 1.60. The summed E-state index contributed by atoms with van der Waals surface area (Å²) in [4.78, 5) is 14.3. The van der Waals surface area contributed by atoms with E-state index in [1.54, 1.807) is 11.4 Å². The number of hydrogen-bond donors (Lipinski definition) is 1. The van der Waals surface area contributed by atoms with Gasteiger partial charge in [-0.05, 0) is 29.1 Å². The Hall–Kier alpha value is -1.91. The highest BCUT2D eigenvalue weighted by Gasteiger charge is 2.22. The number of rotatable bonds is 5. The van der Waals surface area contributed by atoms with E-state index < -0.39 is 0 Å². The Bertz CT molecular complexity index is 769. The number of amides is 1. The van der Waals surface area contributed by atoms with Crippen LogP contribution in [0.4, 0.5) is 5.00 Å². The topological polar surface area (TPSA) is 65.4 Å². The summed E-state index contributed by atoms with van der Waals surface area (Å²) in [5.74, 6) is -0.0755. The van der Waals surface area contributed by atoms with Gasteiger partial charge in [0.25, 0.3) is 0 Å². The Morgan fingerprint density at radius 3 is 2.96 bits per heavy atom. The van der Waals surface area contributed by atoms with Crippen molar-refractivity contribution < 1.29 is 9.53 Å². The number of carbonyl (C=O) groups is 1. The van der Waals surface area contributed by atoms with Crippen molar-refractivity contribution in [1.29, 1.82) is 5.26 Å². The highest BCUT2D eigenvalue weighted by atomic mass is 35.5. The van der Waals surface area contributed by atoms with Crippen LogP contribution in [0.1, 0.15) is 23.7 Å². The molecule has 25 heavy (non-hydrogen) atoms. The van der Waals surface area contributed by atoms with E-state index in [4.69, 9.17) is 21.6 Å². The normalized spacial score (nSPS) is 17.8. The minimum Gasteiger partial charge on any atom is -0.371 e. The molecule has 0 radical (unpaired) electrons. The van der Waals surface area contributed by atoms with Crippen molar-refractivity contribution in [2.24, 2.45) is 0 Å². The van der Waals surface area contributed by atoms with Gasteiger partial charge in [-0.1, -0.05) is 23.7 Å². The second-order valence-corrected chi connectivity index (χ2v) is 7.14. The third-order valence-corrected chi connectivity index (χ3v) is 5.17. The van der Waals surface area contributed by atoms with Crippen LogP contribution in [0.5, 0.6) is 0 Å². The number of nitrogens with zero attached hydrogens (tertiary/aromatic N) is 2. The van der Waals surface area contributed by atoms with Gasteiger partial charge in [0.05, 0.1) is 18.3 Å². The molecule has 0 bridgehead atoms. The molecule has 7 heteroatoms. The summed E-state index contributed by atoms with van der Waals surface area (Å²) >= 11 is 7.29. The molecule has 0 spiro atoms. The van der Waals surface area contributed by atoms with Gasteiger partial charge in [-0.25, -0.2) is 0 Å². The van der Waals surface area contributed by atoms with E-state index >= 15 is 0 Å². The number of carbonyl (C=O) groups excluding carboxylic acids is 1. The summed E-state index contributed by atoms with van der Waals surface area (Å²) in [6, 6.07) is 11.5. The third kappa shape index (κ3) is 4.80. The monoisotopic (exact) mass is 375 g/mol. The lowest BCUT2D eigenvalue weighted by Crippen LogP contribution is -2.39. The molecule has 3 rings (SSSR count). The van der Waals surface area contributed by atoms with Crippen LogP contribution in [0.3, 0.4) is 0 Å². The summed E-state index contributed by atoms with van der Waals surface area (Å²) in [6.07, 6.45) is 0.382. The molecular formula is C18H18ClN3O2S. The molecule has 1 aliphatic rings. The number of morpholine rings is 1. The highest BCUT2D eigenvalue weighted by Crippen LogP contribution is 2.24. The molecule has 0 unspecified atom stereocenters. The number of nitrogens with one attached hydrogen (secondary N) is 1. The number of nitriles is 1. The molecule has 1 aliphatic heterocycles. The van der Waals surface area contributed by atoms with Gasteiger partial charge in [0.1, 0.15) is 11.1 Å². The molecule has 2 heterocycles. The molecule has 1 N–H and O–H groups in total. The van der Waals surface area contributed by atoms with Crippen LogP contribution in [-0.2, 0) is 9.53 Å². The number of hydrogen-bond acceptors (Lipinski definition) is 5. The lowest BCUT2D eigenvalue weighted by molar-refractivity contribution is -0.117. The molecule has 2 aromatic rings. The minimum atomic E-state index is -0.0755. The van der Waals surface area contributed by atoms with Gasteiger partial charge in [-0.3, -0.25) is 9.69 Å². The maximum absolute atomic E-state index is 12.1. The molecule has 0 aliphatic carbocycles. The Kier molecular flexibility index (Phi) is 6.05. The van der Waals surface area contributed by atoms with Crippen LogP contribution in [0.2, 0.25) is 5.02 Å². The fraction of sp³-hybridized carbons (Fsp3) is 0.333. The quantitative estimate of drug-likeness (QED) is 0.865. The zero-order chi connectivity index (χ0) is 17.6. The van der Waals surface area contributed by atoms with Crippen LogP contribution >= 0.6 is 22.9 Å². The predicted molar refractivity (Wildman–Crippen MR) is 98.9 cm³/mol. The smallest absolute Gasteiger partial charge is 0.226 e. The van der Waals surface area contributed by atoms with E-state index in [-0.39, 0.29) is 12.0 Å².